The highest BCUT2D eigenvalue weighted by atomic mass is 16.5. The number of ether oxygens (including phenoxy) is 1. The molecule has 0 saturated heterocycles. The van der Waals surface area contributed by atoms with E-state index >= 15 is 0 Å². The molecule has 1 amide bonds. The van der Waals surface area contributed by atoms with Gasteiger partial charge in [-0.25, -0.2) is 4.79 Å². The highest BCUT2D eigenvalue weighted by molar-refractivity contribution is 5.94. The Labute approximate surface area is 122 Å². The number of aromatic nitrogens is 1. The lowest BCUT2D eigenvalue weighted by molar-refractivity contribution is -0.121. The molecule has 1 heterocycles. The number of amides is 1. The summed E-state index contributed by atoms with van der Waals surface area (Å²) in [6.45, 7) is 1.41. The fraction of sp³-hybridized carbons (Fsp3) is 0.333. The van der Waals surface area contributed by atoms with Crippen LogP contribution in [0.15, 0.2) is 30.5 Å². The van der Waals surface area contributed by atoms with Crippen molar-refractivity contribution in [2.75, 3.05) is 20.3 Å². The minimum atomic E-state index is -0.958. The van der Waals surface area contributed by atoms with Crippen molar-refractivity contribution < 1.29 is 19.4 Å². The minimum absolute atomic E-state index is 0.0779. The Hall–Kier alpha value is -2.34. The molecule has 6 nitrogen and oxygen atoms in total. The van der Waals surface area contributed by atoms with Gasteiger partial charge < -0.3 is 19.7 Å². The molecule has 6 heteroatoms. The summed E-state index contributed by atoms with van der Waals surface area (Å²) >= 11 is 0. The number of nitrogens with one attached hydrogen (secondary N) is 1. The standard InChI is InChI=1S/C15H18N2O4/c1-21-8-2-6-16-14(18)10-17-7-5-11-9-12(15(19)20)3-4-13(11)17/h3-5,7,9H,2,6,8,10H2,1H3,(H,16,18)(H,19,20). The molecular formula is C15H18N2O4. The maximum Gasteiger partial charge on any atom is 0.335 e. The fourth-order valence-electron chi connectivity index (χ4n) is 2.13. The van der Waals surface area contributed by atoms with E-state index in [1.807, 2.05) is 0 Å². The summed E-state index contributed by atoms with van der Waals surface area (Å²) in [5.41, 5.74) is 1.08. The molecule has 2 N–H and O–H groups in total. The van der Waals surface area contributed by atoms with Crippen molar-refractivity contribution in [3.8, 4) is 0 Å². The van der Waals surface area contributed by atoms with Crippen LogP contribution in [0.4, 0.5) is 0 Å². The van der Waals surface area contributed by atoms with E-state index in [0.717, 1.165) is 17.3 Å². The average Bonchev–Trinajstić information content (AvgIpc) is 2.86. The first kappa shape index (κ1) is 15.1. The highest BCUT2D eigenvalue weighted by Gasteiger charge is 2.08. The number of nitrogens with zero attached hydrogens (tertiary/aromatic N) is 1. The molecule has 112 valence electrons. The molecular weight excluding hydrogens is 272 g/mol. The summed E-state index contributed by atoms with van der Waals surface area (Å²) in [7, 11) is 1.62. The smallest absolute Gasteiger partial charge is 0.335 e. The molecule has 2 aromatic rings. The van der Waals surface area contributed by atoms with Crippen LogP contribution in [0, 0.1) is 0 Å². The lowest BCUT2D eigenvalue weighted by Gasteiger charge is -2.07. The molecule has 1 aromatic heterocycles. The Balaban J connectivity index is 2.02. The number of carbonyl (C=O) groups excluding carboxylic acids is 1. The van der Waals surface area contributed by atoms with Crippen LogP contribution in [-0.2, 0) is 16.1 Å². The predicted molar refractivity (Wildman–Crippen MR) is 78.4 cm³/mol. The first-order valence-corrected chi connectivity index (χ1v) is 6.69. The molecule has 0 radical (unpaired) electrons. The van der Waals surface area contributed by atoms with Gasteiger partial charge in [0.05, 0.1) is 5.56 Å². The molecule has 0 atom stereocenters. The van der Waals surface area contributed by atoms with Gasteiger partial charge in [0.2, 0.25) is 5.91 Å². The lowest BCUT2D eigenvalue weighted by Crippen LogP contribution is -2.28. The molecule has 0 spiro atoms. The van der Waals surface area contributed by atoms with Crippen LogP contribution in [0.5, 0.6) is 0 Å². The van der Waals surface area contributed by atoms with Crippen LogP contribution >= 0.6 is 0 Å². The quantitative estimate of drug-likeness (QED) is 0.757. The molecule has 0 fully saturated rings. The van der Waals surface area contributed by atoms with Crippen molar-refractivity contribution in [2.45, 2.75) is 13.0 Å². The molecule has 0 bridgehead atoms. The first-order chi connectivity index (χ1) is 10.1. The Morgan fingerprint density at radius 3 is 2.86 bits per heavy atom. The van der Waals surface area contributed by atoms with Gasteiger partial charge in [0.25, 0.3) is 0 Å². The van der Waals surface area contributed by atoms with E-state index in [1.165, 1.54) is 6.07 Å². The maximum absolute atomic E-state index is 11.8. The van der Waals surface area contributed by atoms with Gasteiger partial charge in [-0.15, -0.1) is 0 Å². The van der Waals surface area contributed by atoms with Gasteiger partial charge in [-0.2, -0.15) is 0 Å². The van der Waals surface area contributed by atoms with E-state index in [-0.39, 0.29) is 18.0 Å². The van der Waals surface area contributed by atoms with Crippen molar-refractivity contribution in [1.82, 2.24) is 9.88 Å². The Bertz CT molecular complexity index is 648. The number of aromatic carboxylic acids is 1. The lowest BCUT2D eigenvalue weighted by atomic mass is 10.1. The second-order valence-corrected chi connectivity index (χ2v) is 4.72. The number of benzene rings is 1. The van der Waals surface area contributed by atoms with E-state index < -0.39 is 5.97 Å². The van der Waals surface area contributed by atoms with E-state index in [4.69, 9.17) is 9.84 Å². The van der Waals surface area contributed by atoms with Crippen molar-refractivity contribution in [3.05, 3.63) is 36.0 Å². The summed E-state index contributed by atoms with van der Waals surface area (Å²) in [6, 6.07) is 6.67. The first-order valence-electron chi connectivity index (χ1n) is 6.69. The number of carboxylic acids is 1. The predicted octanol–water partition coefficient (Wildman–Crippen LogP) is 1.49. The van der Waals surface area contributed by atoms with Crippen LogP contribution < -0.4 is 5.32 Å². The van der Waals surface area contributed by atoms with Crippen molar-refractivity contribution in [3.63, 3.8) is 0 Å². The van der Waals surface area contributed by atoms with Crippen LogP contribution in [-0.4, -0.2) is 41.8 Å². The third-order valence-corrected chi connectivity index (χ3v) is 3.18. The molecule has 0 saturated carbocycles. The Morgan fingerprint density at radius 1 is 1.33 bits per heavy atom. The summed E-state index contributed by atoms with van der Waals surface area (Å²) in [4.78, 5) is 22.7. The maximum atomic E-state index is 11.8. The van der Waals surface area contributed by atoms with Gasteiger partial charge in [-0.05, 0) is 30.7 Å². The second-order valence-electron chi connectivity index (χ2n) is 4.72. The van der Waals surface area contributed by atoms with Gasteiger partial charge in [0, 0.05) is 37.4 Å². The monoisotopic (exact) mass is 290 g/mol. The van der Waals surface area contributed by atoms with Crippen LogP contribution in [0.1, 0.15) is 16.8 Å². The van der Waals surface area contributed by atoms with E-state index in [9.17, 15) is 9.59 Å². The summed E-state index contributed by atoms with van der Waals surface area (Å²) < 4.78 is 6.71. The van der Waals surface area contributed by atoms with Crippen molar-refractivity contribution >= 4 is 22.8 Å². The van der Waals surface area contributed by atoms with E-state index in [1.54, 1.807) is 36.1 Å². The average molecular weight is 290 g/mol. The zero-order valence-electron chi connectivity index (χ0n) is 11.8. The van der Waals surface area contributed by atoms with Gasteiger partial charge in [0.1, 0.15) is 6.54 Å². The van der Waals surface area contributed by atoms with Crippen LogP contribution in [0.3, 0.4) is 0 Å². The number of methoxy groups -OCH3 is 1. The number of hydrogen-bond donors (Lipinski definition) is 2. The molecule has 0 aliphatic rings. The SMILES string of the molecule is COCCCNC(=O)Cn1ccc2cc(C(=O)O)ccc21. The van der Waals surface area contributed by atoms with Crippen LogP contribution in [0.25, 0.3) is 10.9 Å². The van der Waals surface area contributed by atoms with Gasteiger partial charge in [0.15, 0.2) is 0 Å². The highest BCUT2D eigenvalue weighted by Crippen LogP contribution is 2.17. The molecule has 0 unspecified atom stereocenters. The van der Waals surface area contributed by atoms with Gasteiger partial charge >= 0.3 is 5.97 Å². The number of fused-ring (bicyclic) bond motifs is 1. The van der Waals surface area contributed by atoms with Gasteiger partial charge in [-0.3, -0.25) is 4.79 Å². The summed E-state index contributed by atoms with van der Waals surface area (Å²) in [5.74, 6) is -1.04. The Morgan fingerprint density at radius 2 is 2.14 bits per heavy atom. The fourth-order valence-corrected chi connectivity index (χ4v) is 2.13. The molecule has 1 aromatic carbocycles. The number of carboxylic acid groups (broad SMARTS) is 1. The van der Waals surface area contributed by atoms with Crippen molar-refractivity contribution in [2.24, 2.45) is 0 Å². The third kappa shape index (κ3) is 3.82. The zero-order chi connectivity index (χ0) is 15.2. The second kappa shape index (κ2) is 6.90. The molecule has 21 heavy (non-hydrogen) atoms. The number of rotatable bonds is 7. The largest absolute Gasteiger partial charge is 0.478 e. The third-order valence-electron chi connectivity index (χ3n) is 3.18. The molecule has 2 rings (SSSR count). The normalized spacial score (nSPS) is 10.7. The zero-order valence-corrected chi connectivity index (χ0v) is 11.8. The molecule has 0 aliphatic heterocycles. The summed E-state index contributed by atoms with van der Waals surface area (Å²) in [6.07, 6.45) is 2.56. The molecule has 0 aliphatic carbocycles. The van der Waals surface area contributed by atoms with E-state index in [0.29, 0.717) is 13.2 Å². The van der Waals surface area contributed by atoms with E-state index in [2.05, 4.69) is 5.32 Å². The van der Waals surface area contributed by atoms with Crippen molar-refractivity contribution in [1.29, 1.82) is 0 Å². The topological polar surface area (TPSA) is 80.6 Å². The minimum Gasteiger partial charge on any atom is -0.478 e. The van der Waals surface area contributed by atoms with Gasteiger partial charge in [-0.1, -0.05) is 0 Å². The Kier molecular flexibility index (Phi) is 4.94. The summed E-state index contributed by atoms with van der Waals surface area (Å²) in [5, 5.41) is 12.6. The van der Waals surface area contributed by atoms with Crippen LogP contribution in [0.2, 0.25) is 0 Å². The number of hydrogen-bond acceptors (Lipinski definition) is 3. The number of carbonyl (C=O) groups is 2.